The van der Waals surface area contributed by atoms with Crippen LogP contribution in [0.2, 0.25) is 0 Å². The van der Waals surface area contributed by atoms with Gasteiger partial charge < -0.3 is 26.5 Å². The Bertz CT molecular complexity index is 1270. The van der Waals surface area contributed by atoms with Crippen molar-refractivity contribution in [2.24, 2.45) is 12.0 Å². The zero-order valence-electron chi connectivity index (χ0n) is 17.5. The number of aryl methyl sites for hydroxylation is 1. The van der Waals surface area contributed by atoms with Crippen molar-refractivity contribution >= 4 is 33.1 Å². The van der Waals surface area contributed by atoms with Gasteiger partial charge in [0.15, 0.2) is 0 Å². The maximum absolute atomic E-state index is 12.6. The summed E-state index contributed by atoms with van der Waals surface area (Å²) in [6.45, 7) is 2.01. The van der Waals surface area contributed by atoms with E-state index in [1.165, 1.54) is 0 Å². The summed E-state index contributed by atoms with van der Waals surface area (Å²) < 4.78 is 2.69. The first-order valence-corrected chi connectivity index (χ1v) is 10.2. The number of pyridine rings is 1. The smallest absolute Gasteiger partial charge is 0.560 e. The minimum Gasteiger partial charge on any atom is -0.560 e. The van der Waals surface area contributed by atoms with Crippen LogP contribution < -0.4 is 67.4 Å². The van der Waals surface area contributed by atoms with E-state index in [1.807, 2.05) is 61.9 Å². The summed E-state index contributed by atoms with van der Waals surface area (Å²) in [5.41, 5.74) is 3.18. The molecule has 7 nitrogen and oxygen atoms in total. The first-order valence-electron chi connectivity index (χ1n) is 9.35. The number of thiophene rings is 1. The van der Waals surface area contributed by atoms with E-state index in [4.69, 9.17) is 0 Å². The Balaban J connectivity index is 0.00000272. The molecule has 1 atom stereocenters. The van der Waals surface area contributed by atoms with Crippen LogP contribution in [-0.4, -0.2) is 20.7 Å². The molecule has 9 heteroatoms. The quantitative estimate of drug-likeness (QED) is 0.252. The average molecular weight is 456 g/mol. The van der Waals surface area contributed by atoms with Crippen molar-refractivity contribution in [1.82, 2.24) is 20.1 Å². The van der Waals surface area contributed by atoms with Crippen LogP contribution in [0.25, 0.3) is 10.2 Å². The van der Waals surface area contributed by atoms with Crippen LogP contribution in [0.5, 0.6) is 0 Å². The summed E-state index contributed by atoms with van der Waals surface area (Å²) >= 11 is 1.57. The number of fused-ring (bicyclic) bond motifs is 1. The molecule has 0 radical (unpaired) electrons. The Morgan fingerprint density at radius 1 is 1.32 bits per heavy atom. The van der Waals surface area contributed by atoms with Crippen molar-refractivity contribution in [3.05, 3.63) is 89.3 Å². The second kappa shape index (κ2) is 11.0. The minimum absolute atomic E-state index is 0. The van der Waals surface area contributed by atoms with E-state index in [9.17, 15) is 4.79 Å². The first kappa shape index (κ1) is 23.6. The van der Waals surface area contributed by atoms with Gasteiger partial charge in [-0.15, -0.1) is 17.5 Å². The Morgan fingerprint density at radius 3 is 3.00 bits per heavy atom. The predicted molar refractivity (Wildman–Crippen MR) is 118 cm³/mol. The molecule has 0 fully saturated rings. The molecule has 0 aliphatic carbocycles. The van der Waals surface area contributed by atoms with Crippen LogP contribution in [0, 0.1) is 6.20 Å². The largest absolute Gasteiger partial charge is 1.00 e. The van der Waals surface area contributed by atoms with Crippen molar-refractivity contribution in [2.45, 2.75) is 13.0 Å². The monoisotopic (exact) mass is 455 g/mol. The van der Waals surface area contributed by atoms with Gasteiger partial charge in [0.05, 0.1) is 15.8 Å². The number of anilines is 1. The fraction of sp³-hybridized carbons (Fsp3) is 0.136. The SMILES string of the molecule is CC(N[C-]=CN=c1cnn(C)[cH-]1)c1cccc(NC(=O)c2cnc3ccsc3c2)c1.[K+]. The molecule has 1 amide bonds. The Hall–Kier alpha value is -2.01. The molecule has 31 heavy (non-hydrogen) atoms. The van der Waals surface area contributed by atoms with E-state index in [-0.39, 0.29) is 63.3 Å². The molecule has 4 aromatic rings. The number of carbonyl (C=O) groups excluding carboxylic acids is 1. The number of carbonyl (C=O) groups is 1. The normalized spacial score (nSPS) is 12.6. The van der Waals surface area contributed by atoms with Gasteiger partial charge in [-0.25, -0.2) is 0 Å². The van der Waals surface area contributed by atoms with Gasteiger partial charge in [0.2, 0.25) is 0 Å². The van der Waals surface area contributed by atoms with Gasteiger partial charge in [-0.3, -0.25) is 14.9 Å². The predicted octanol–water partition coefficient (Wildman–Crippen LogP) is 0.531. The van der Waals surface area contributed by atoms with E-state index in [0.29, 0.717) is 5.56 Å². The second-order valence-electron chi connectivity index (χ2n) is 6.75. The summed E-state index contributed by atoms with van der Waals surface area (Å²) in [4.78, 5) is 21.2. The number of benzene rings is 1. The molecule has 0 saturated carbocycles. The molecule has 0 spiro atoms. The van der Waals surface area contributed by atoms with Crippen molar-refractivity contribution in [3.63, 3.8) is 0 Å². The molecule has 0 bridgehead atoms. The summed E-state index contributed by atoms with van der Waals surface area (Å²) in [6, 6.07) is 11.5. The van der Waals surface area contributed by atoms with Crippen LogP contribution in [0.15, 0.2) is 71.6 Å². The standard InChI is InChI=1S/C22H20N6OS.K/c1-15(23-7-8-24-19-13-26-28(2)14-19)16-4-3-5-18(10-16)27-22(29)17-11-21-20(25-12-17)6-9-30-21;/h3-6,8-15,23H,1-2H3,(H,27,29);/q-2;+1. The molecule has 3 aromatic heterocycles. The van der Waals surface area contributed by atoms with Crippen LogP contribution >= 0.6 is 11.3 Å². The fourth-order valence-corrected chi connectivity index (χ4v) is 3.67. The number of aromatic nitrogens is 3. The van der Waals surface area contributed by atoms with Crippen molar-refractivity contribution in [1.29, 1.82) is 0 Å². The molecule has 0 saturated heterocycles. The van der Waals surface area contributed by atoms with Crippen molar-refractivity contribution in [2.75, 3.05) is 5.32 Å². The van der Waals surface area contributed by atoms with Gasteiger partial charge in [0.1, 0.15) is 0 Å². The summed E-state index contributed by atoms with van der Waals surface area (Å²) in [5.74, 6) is -0.183. The van der Waals surface area contributed by atoms with E-state index in [1.54, 1.807) is 34.6 Å². The number of hydrogen-bond donors (Lipinski definition) is 2. The van der Waals surface area contributed by atoms with E-state index < -0.39 is 0 Å². The topological polar surface area (TPSA) is 84.2 Å². The summed E-state index contributed by atoms with van der Waals surface area (Å²) in [6.07, 6.45) is 9.65. The number of nitrogens with zero attached hydrogens (tertiary/aromatic N) is 4. The number of hydrogen-bond acceptors (Lipinski definition) is 6. The summed E-state index contributed by atoms with van der Waals surface area (Å²) in [5, 5.41) is 12.9. The van der Waals surface area contributed by atoms with Gasteiger partial charge in [-0.05, 0) is 42.1 Å². The third kappa shape index (κ3) is 6.25. The third-order valence-electron chi connectivity index (χ3n) is 4.48. The Labute approximate surface area is 226 Å². The van der Waals surface area contributed by atoms with Crippen molar-refractivity contribution < 1.29 is 56.2 Å². The van der Waals surface area contributed by atoms with Gasteiger partial charge in [-0.1, -0.05) is 29.9 Å². The molecule has 0 aliphatic rings. The average Bonchev–Trinajstić information content (AvgIpc) is 3.39. The Morgan fingerprint density at radius 2 is 2.19 bits per heavy atom. The molecule has 1 aromatic carbocycles. The van der Waals surface area contributed by atoms with Crippen LogP contribution in [0.3, 0.4) is 0 Å². The minimum atomic E-state index is -0.183. The molecule has 3 heterocycles. The van der Waals surface area contributed by atoms with Gasteiger partial charge in [-0.2, -0.15) is 0 Å². The third-order valence-corrected chi connectivity index (χ3v) is 5.33. The molecule has 152 valence electrons. The molecule has 2 N–H and O–H groups in total. The van der Waals surface area contributed by atoms with E-state index in [0.717, 1.165) is 26.8 Å². The first-order chi connectivity index (χ1) is 14.6. The maximum atomic E-state index is 12.6. The van der Waals surface area contributed by atoms with Crippen molar-refractivity contribution in [3.8, 4) is 0 Å². The Kier molecular flexibility index (Phi) is 8.41. The van der Waals surface area contributed by atoms with Gasteiger partial charge in [0.25, 0.3) is 5.91 Å². The second-order valence-corrected chi connectivity index (χ2v) is 7.70. The molecule has 4 rings (SSSR count). The van der Waals surface area contributed by atoms with Gasteiger partial charge >= 0.3 is 51.4 Å². The number of nitrogens with one attached hydrogen (secondary N) is 2. The molecular formula is C22H20KN6OS-. The molecule has 0 aliphatic heterocycles. The van der Waals surface area contributed by atoms with Crippen LogP contribution in [0.4, 0.5) is 5.69 Å². The maximum Gasteiger partial charge on any atom is 1.00 e. The number of amides is 1. The zero-order valence-corrected chi connectivity index (χ0v) is 21.5. The number of rotatable bonds is 6. The van der Waals surface area contributed by atoms with Crippen LogP contribution in [-0.2, 0) is 7.05 Å². The molecular weight excluding hydrogens is 435 g/mol. The van der Waals surface area contributed by atoms with E-state index in [2.05, 4.69) is 31.9 Å². The van der Waals surface area contributed by atoms with E-state index >= 15 is 0 Å². The fourth-order valence-electron chi connectivity index (χ4n) is 2.89. The zero-order chi connectivity index (χ0) is 20.9. The van der Waals surface area contributed by atoms with Crippen LogP contribution in [0.1, 0.15) is 28.9 Å². The van der Waals surface area contributed by atoms with Gasteiger partial charge in [0, 0.05) is 25.0 Å². The summed E-state index contributed by atoms with van der Waals surface area (Å²) in [7, 11) is 1.84. The molecule has 1 unspecified atom stereocenters.